The first kappa shape index (κ1) is 31.6. The van der Waals surface area contributed by atoms with Crippen molar-refractivity contribution >= 4 is 35.4 Å². The lowest BCUT2D eigenvalue weighted by atomic mass is 10.3. The Morgan fingerprint density at radius 3 is 2.09 bits per heavy atom. The van der Waals surface area contributed by atoms with Gasteiger partial charge in [-0.1, -0.05) is 7.43 Å². The van der Waals surface area contributed by atoms with E-state index in [1.807, 2.05) is 0 Å². The summed E-state index contributed by atoms with van der Waals surface area (Å²) in [6.45, 7) is 7.65. The van der Waals surface area contributed by atoms with Crippen LogP contribution in [0.3, 0.4) is 0 Å². The van der Waals surface area contributed by atoms with E-state index in [0.29, 0.717) is 37.8 Å². The van der Waals surface area contributed by atoms with E-state index >= 15 is 0 Å². The van der Waals surface area contributed by atoms with Crippen LogP contribution in [0.25, 0.3) is 0 Å². The number of rotatable bonds is 7. The molecule has 13 nitrogen and oxygen atoms in total. The zero-order valence-corrected chi connectivity index (χ0v) is 20.0. The molecule has 0 atom stereocenters. The zero-order valence-electron chi connectivity index (χ0n) is 19.3. The number of nitrogens with zero attached hydrogens (tertiary/aromatic N) is 3. The Morgan fingerprint density at radius 2 is 1.57 bits per heavy atom. The van der Waals surface area contributed by atoms with Crippen molar-refractivity contribution in [3.05, 3.63) is 34.9 Å². The third-order valence-corrected chi connectivity index (χ3v) is 3.99. The first-order valence-corrected chi connectivity index (χ1v) is 11.0. The van der Waals surface area contributed by atoms with Crippen molar-refractivity contribution in [3.8, 4) is 0 Å². The number of H-pyrrole nitrogens is 1. The molecule has 2 aromatic heterocycles. The number of ether oxygens (including phenoxy) is 3. The Morgan fingerprint density at radius 1 is 1.03 bits per heavy atom. The monoisotopic (exact) mass is 516 g/mol. The van der Waals surface area contributed by atoms with Gasteiger partial charge in [0.25, 0.3) is 5.91 Å². The molecule has 0 spiro atoms. The molecule has 0 saturated carbocycles. The van der Waals surface area contributed by atoms with Gasteiger partial charge in [-0.15, -0.1) is 11.6 Å². The average molecular weight is 517 g/mol. The summed E-state index contributed by atoms with van der Waals surface area (Å²) in [5.74, 6) is -1.23. The summed E-state index contributed by atoms with van der Waals surface area (Å²) in [6, 6.07) is 2.75. The normalized spacial score (nSPS) is 11.2. The van der Waals surface area contributed by atoms with Crippen molar-refractivity contribution in [3.63, 3.8) is 0 Å². The Hall–Kier alpha value is -3.45. The summed E-state index contributed by atoms with van der Waals surface area (Å²) in [5, 5.41) is 12.7. The van der Waals surface area contributed by atoms with E-state index in [0.717, 1.165) is 0 Å². The summed E-state index contributed by atoms with van der Waals surface area (Å²) in [7, 11) is 0. The molecule has 1 aliphatic heterocycles. The first-order chi connectivity index (χ1) is 16.3. The van der Waals surface area contributed by atoms with Crippen molar-refractivity contribution in [2.75, 3.05) is 38.8 Å². The number of nitrogens with one attached hydrogen (secondary N) is 2. The molecule has 35 heavy (non-hydrogen) atoms. The fraction of sp³-hybridized carbons (Fsp3) is 0.524. The Bertz CT molecular complexity index is 925. The minimum atomic E-state index is -0.565. The van der Waals surface area contributed by atoms with Gasteiger partial charge in [-0.05, 0) is 20.8 Å². The molecule has 2 aromatic rings. The predicted molar refractivity (Wildman–Crippen MR) is 128 cm³/mol. The lowest BCUT2D eigenvalue weighted by Gasteiger charge is -2.13. The van der Waals surface area contributed by atoms with Crippen LogP contribution in [0.4, 0.5) is 0 Å². The van der Waals surface area contributed by atoms with Gasteiger partial charge < -0.3 is 25.3 Å². The Labute approximate surface area is 208 Å². The van der Waals surface area contributed by atoms with Crippen LogP contribution in [0.15, 0.2) is 12.1 Å². The van der Waals surface area contributed by atoms with Crippen LogP contribution >= 0.6 is 11.6 Å². The number of carbonyl (C=O) groups is 4. The molecule has 4 N–H and O–H groups in total. The van der Waals surface area contributed by atoms with Gasteiger partial charge >= 0.3 is 17.9 Å². The maximum absolute atomic E-state index is 11.4. The molecule has 3 heterocycles. The van der Waals surface area contributed by atoms with Gasteiger partial charge in [0.1, 0.15) is 11.4 Å². The van der Waals surface area contributed by atoms with Crippen molar-refractivity contribution in [1.82, 2.24) is 25.3 Å². The number of hydrogen-bond acceptors (Lipinski definition) is 10. The molecule has 0 aliphatic carbocycles. The molecule has 3 rings (SSSR count). The topological polar surface area (TPSA) is 181 Å². The second-order valence-electron chi connectivity index (χ2n) is 6.20. The summed E-state index contributed by atoms with van der Waals surface area (Å²) in [4.78, 5) is 45.1. The van der Waals surface area contributed by atoms with Gasteiger partial charge in [-0.2, -0.15) is 10.2 Å². The first-order valence-electron chi connectivity index (χ1n) is 10.5. The van der Waals surface area contributed by atoms with Crippen molar-refractivity contribution in [2.45, 2.75) is 34.7 Å². The highest BCUT2D eigenvalue weighted by atomic mass is 35.5. The lowest BCUT2D eigenvalue weighted by Crippen LogP contribution is -2.35. The van der Waals surface area contributed by atoms with Gasteiger partial charge in [0.2, 0.25) is 0 Å². The molecule has 1 aliphatic rings. The quantitative estimate of drug-likeness (QED) is 0.276. The fourth-order valence-corrected chi connectivity index (χ4v) is 2.39. The molecule has 0 fully saturated rings. The number of halogens is 1. The molecule has 196 valence electrons. The third kappa shape index (κ3) is 10.1. The third-order valence-electron chi connectivity index (χ3n) is 3.77. The highest BCUT2D eigenvalue weighted by Crippen LogP contribution is 2.09. The van der Waals surface area contributed by atoms with Crippen LogP contribution in [0.2, 0.25) is 0 Å². The van der Waals surface area contributed by atoms with Gasteiger partial charge in [0.15, 0.2) is 11.4 Å². The molecule has 0 aromatic carbocycles. The van der Waals surface area contributed by atoms with E-state index in [-0.39, 0.29) is 43.6 Å². The standard InChI is InChI=1S/C9H11N3O3.C9H12N2O4.C2H6ClN.CH4/c1-2-15-9(14)6-5-7-8(13)10-3-4-12(7)11-6;1-3-14-8(12)6-5-7(11-10-6)9(13)15-4-2;3-1-2-4;/h5H,2-4H2,1H3,(H,10,13);5H,3-4H2,1-2H3,(H,10,11);1-2,4H2;1H4. The van der Waals surface area contributed by atoms with Crippen LogP contribution in [-0.4, -0.2) is 82.6 Å². The molecule has 0 saturated heterocycles. The van der Waals surface area contributed by atoms with Crippen LogP contribution in [0.1, 0.15) is 70.2 Å². The number of aromatic nitrogens is 4. The van der Waals surface area contributed by atoms with Gasteiger partial charge in [0, 0.05) is 31.1 Å². The summed E-state index contributed by atoms with van der Waals surface area (Å²) in [6.07, 6.45) is 0. The molecule has 0 bridgehead atoms. The number of esters is 3. The largest absolute Gasteiger partial charge is 0.461 e. The number of hydrogen-bond donors (Lipinski definition) is 3. The predicted octanol–water partition coefficient (Wildman–Crippen LogP) is 1.39. The number of alkyl halides is 1. The molecular formula is C21H33ClN6O7. The summed E-state index contributed by atoms with van der Waals surface area (Å²) in [5.41, 5.74) is 5.69. The number of amides is 1. The summed E-state index contributed by atoms with van der Waals surface area (Å²) >= 11 is 5.06. The maximum atomic E-state index is 11.4. The van der Waals surface area contributed by atoms with E-state index in [1.54, 1.807) is 20.8 Å². The highest BCUT2D eigenvalue weighted by molar-refractivity contribution is 6.18. The minimum absolute atomic E-state index is 0. The SMILES string of the molecule is C.CCOC(=O)c1cc(C(=O)OCC)[nH]n1.CCOC(=O)c1cc2n(n1)CCNC2=O.NCCCl. The Balaban J connectivity index is 0.000000560. The molecular weight excluding hydrogens is 484 g/mol. The maximum Gasteiger partial charge on any atom is 0.358 e. The molecule has 0 unspecified atom stereocenters. The molecule has 0 radical (unpaired) electrons. The lowest BCUT2D eigenvalue weighted by molar-refractivity contribution is 0.0508. The van der Waals surface area contributed by atoms with E-state index in [2.05, 4.69) is 20.6 Å². The van der Waals surface area contributed by atoms with Gasteiger partial charge in [-0.25, -0.2) is 14.4 Å². The smallest absolute Gasteiger partial charge is 0.358 e. The van der Waals surface area contributed by atoms with E-state index in [4.69, 9.17) is 31.5 Å². The minimum Gasteiger partial charge on any atom is -0.461 e. The second-order valence-corrected chi connectivity index (χ2v) is 6.58. The fourth-order valence-electron chi connectivity index (χ4n) is 2.39. The zero-order chi connectivity index (χ0) is 25.5. The molecule has 14 heteroatoms. The highest BCUT2D eigenvalue weighted by Gasteiger charge is 2.22. The number of carbonyl (C=O) groups excluding carboxylic acids is 4. The number of nitrogens with two attached hydrogens (primary N) is 1. The number of aromatic amines is 1. The summed E-state index contributed by atoms with van der Waals surface area (Å²) < 4.78 is 15.7. The van der Waals surface area contributed by atoms with Crippen LogP contribution in [0, 0.1) is 0 Å². The van der Waals surface area contributed by atoms with E-state index < -0.39 is 17.9 Å². The van der Waals surface area contributed by atoms with Crippen molar-refractivity contribution in [2.24, 2.45) is 5.73 Å². The van der Waals surface area contributed by atoms with Crippen molar-refractivity contribution in [1.29, 1.82) is 0 Å². The van der Waals surface area contributed by atoms with Gasteiger partial charge in [-0.3, -0.25) is 14.6 Å². The second kappa shape index (κ2) is 17.1. The van der Waals surface area contributed by atoms with Crippen LogP contribution in [-0.2, 0) is 20.8 Å². The average Bonchev–Trinajstić information content (AvgIpc) is 3.49. The number of fused-ring (bicyclic) bond motifs is 1. The van der Waals surface area contributed by atoms with Crippen molar-refractivity contribution < 1.29 is 33.4 Å². The molecule has 1 amide bonds. The Kier molecular flexibility index (Phi) is 15.4. The van der Waals surface area contributed by atoms with E-state index in [1.165, 1.54) is 16.8 Å². The van der Waals surface area contributed by atoms with Crippen LogP contribution in [0.5, 0.6) is 0 Å². The van der Waals surface area contributed by atoms with E-state index in [9.17, 15) is 19.2 Å². The van der Waals surface area contributed by atoms with Gasteiger partial charge in [0.05, 0.1) is 26.4 Å². The van der Waals surface area contributed by atoms with Crippen LogP contribution < -0.4 is 11.1 Å².